The summed E-state index contributed by atoms with van der Waals surface area (Å²) in [7, 11) is 1.42. The molecule has 3 heterocycles. The smallest absolute Gasteiger partial charge is 0.435 e. The fourth-order valence-corrected chi connectivity index (χ4v) is 3.20. The number of alkyl halides is 3. The van der Waals surface area contributed by atoms with Gasteiger partial charge in [-0.15, -0.1) is 0 Å². The summed E-state index contributed by atoms with van der Waals surface area (Å²) in [6.07, 6.45) is -1.94. The highest BCUT2D eigenvalue weighted by atomic mass is 35.5. The number of aromatic nitrogens is 4. The van der Waals surface area contributed by atoms with Gasteiger partial charge in [-0.1, -0.05) is 11.6 Å². The van der Waals surface area contributed by atoms with Crippen LogP contribution in [0.5, 0.6) is 5.88 Å². The van der Waals surface area contributed by atoms with E-state index in [1.165, 1.54) is 31.6 Å². The molecule has 0 aliphatic rings. The van der Waals surface area contributed by atoms with Crippen LogP contribution in [0.1, 0.15) is 23.9 Å². The summed E-state index contributed by atoms with van der Waals surface area (Å²) in [5, 5.41) is 8.92. The molecule has 0 bridgehead atoms. The van der Waals surface area contributed by atoms with Crippen LogP contribution in [0.4, 0.5) is 23.7 Å². The number of halogens is 4. The highest BCUT2D eigenvalue weighted by molar-refractivity contribution is 6.29. The molecule has 0 unspecified atom stereocenters. The topological polar surface area (TPSA) is 94.0 Å². The second kappa shape index (κ2) is 9.43. The van der Waals surface area contributed by atoms with E-state index in [1.54, 1.807) is 19.9 Å². The number of nitrogens with zero attached hydrogens (tertiary/aromatic N) is 4. The Kier molecular flexibility index (Phi) is 6.87. The van der Waals surface area contributed by atoms with Crippen molar-refractivity contribution in [2.45, 2.75) is 26.6 Å². The molecule has 0 atom stereocenters. The Morgan fingerprint density at radius 3 is 2.66 bits per heavy atom. The Morgan fingerprint density at radius 1 is 1.25 bits per heavy atom. The van der Waals surface area contributed by atoms with Crippen molar-refractivity contribution < 1.29 is 22.7 Å². The number of amides is 2. The van der Waals surface area contributed by atoms with Crippen molar-refractivity contribution in [3.8, 4) is 17.0 Å². The molecule has 0 aliphatic carbocycles. The molecule has 0 aliphatic heterocycles. The Bertz CT molecular complexity index is 1130. The Labute approximate surface area is 186 Å². The standard InChI is InChI=1S/C20H20ClF3N6O2/c1-4-32-17-7-12(6-16(21)28-17)27-19(31)26-8-13-5-11(2)14(9-25-13)15-10-30(3)29-18(15)20(22,23)24/h5-7,9-10H,4,8H2,1-3H3,(H2,26,27,28,31). The molecule has 8 nitrogen and oxygen atoms in total. The number of ether oxygens (including phenoxy) is 1. The van der Waals surface area contributed by atoms with Crippen LogP contribution in [-0.4, -0.2) is 32.4 Å². The van der Waals surface area contributed by atoms with E-state index in [1.807, 2.05) is 0 Å². The fraction of sp³-hybridized carbons (Fsp3) is 0.300. The molecule has 2 amide bonds. The maximum Gasteiger partial charge on any atom is 0.435 e. The summed E-state index contributed by atoms with van der Waals surface area (Å²) in [6, 6.07) is 4.08. The van der Waals surface area contributed by atoms with E-state index in [2.05, 4.69) is 25.7 Å². The van der Waals surface area contributed by atoms with Crippen molar-refractivity contribution in [2.24, 2.45) is 7.05 Å². The first-order valence-electron chi connectivity index (χ1n) is 9.48. The molecule has 12 heteroatoms. The molecule has 32 heavy (non-hydrogen) atoms. The van der Waals surface area contributed by atoms with Gasteiger partial charge in [-0.3, -0.25) is 9.67 Å². The third kappa shape index (κ3) is 5.67. The predicted molar refractivity (Wildman–Crippen MR) is 112 cm³/mol. The SMILES string of the molecule is CCOc1cc(NC(=O)NCc2cc(C)c(-c3cn(C)nc3C(F)(F)F)cn2)cc(Cl)n1. The second-order valence-electron chi connectivity index (χ2n) is 6.81. The van der Waals surface area contributed by atoms with Crippen LogP contribution in [0, 0.1) is 6.92 Å². The van der Waals surface area contributed by atoms with Gasteiger partial charge in [-0.05, 0) is 31.5 Å². The van der Waals surface area contributed by atoms with Gasteiger partial charge >= 0.3 is 12.2 Å². The quantitative estimate of drug-likeness (QED) is 0.516. The summed E-state index contributed by atoms with van der Waals surface area (Å²) < 4.78 is 46.2. The number of carbonyl (C=O) groups is 1. The molecule has 3 aromatic rings. The van der Waals surface area contributed by atoms with E-state index in [0.717, 1.165) is 4.68 Å². The van der Waals surface area contributed by atoms with Gasteiger partial charge in [0.05, 0.1) is 24.5 Å². The van der Waals surface area contributed by atoms with Crippen LogP contribution in [0.3, 0.4) is 0 Å². The first kappa shape index (κ1) is 23.3. The lowest BCUT2D eigenvalue weighted by molar-refractivity contribution is -0.140. The molecule has 0 saturated carbocycles. The van der Waals surface area contributed by atoms with Crippen molar-refractivity contribution in [3.05, 3.63) is 52.7 Å². The molecule has 3 aromatic heterocycles. The molecule has 0 fully saturated rings. The zero-order valence-electron chi connectivity index (χ0n) is 17.4. The number of pyridine rings is 2. The van der Waals surface area contributed by atoms with Crippen LogP contribution in [-0.2, 0) is 19.8 Å². The van der Waals surface area contributed by atoms with Gasteiger partial charge in [0.1, 0.15) is 5.15 Å². The van der Waals surface area contributed by atoms with Crippen LogP contribution in [0.2, 0.25) is 5.15 Å². The van der Waals surface area contributed by atoms with Crippen molar-refractivity contribution in [2.75, 3.05) is 11.9 Å². The first-order valence-corrected chi connectivity index (χ1v) is 9.86. The molecule has 3 rings (SSSR count). The van der Waals surface area contributed by atoms with E-state index in [4.69, 9.17) is 16.3 Å². The van der Waals surface area contributed by atoms with Crippen molar-refractivity contribution >= 4 is 23.3 Å². The third-order valence-corrected chi connectivity index (χ3v) is 4.50. The first-order chi connectivity index (χ1) is 15.1. The molecular formula is C20H20ClF3N6O2. The van der Waals surface area contributed by atoms with Gasteiger partial charge in [-0.25, -0.2) is 9.78 Å². The lowest BCUT2D eigenvalue weighted by Gasteiger charge is -2.11. The average Bonchev–Trinajstić information content (AvgIpc) is 3.08. The second-order valence-corrected chi connectivity index (χ2v) is 7.20. The molecule has 170 valence electrons. The zero-order valence-corrected chi connectivity index (χ0v) is 18.2. The summed E-state index contributed by atoms with van der Waals surface area (Å²) in [6.45, 7) is 3.91. The minimum atomic E-state index is -4.58. The molecule has 2 N–H and O–H groups in total. The Hall–Kier alpha value is -3.34. The van der Waals surface area contributed by atoms with Crippen LogP contribution < -0.4 is 15.4 Å². The van der Waals surface area contributed by atoms with E-state index in [9.17, 15) is 18.0 Å². The maximum atomic E-state index is 13.3. The number of urea groups is 1. The zero-order chi connectivity index (χ0) is 23.5. The van der Waals surface area contributed by atoms with Crippen LogP contribution in [0.15, 0.2) is 30.6 Å². The summed E-state index contributed by atoms with van der Waals surface area (Å²) in [5.74, 6) is 0.275. The molecule has 0 saturated heterocycles. The van der Waals surface area contributed by atoms with Gasteiger partial charge in [0.15, 0.2) is 5.69 Å². The summed E-state index contributed by atoms with van der Waals surface area (Å²) in [5.41, 5.74) is 0.717. The predicted octanol–water partition coefficient (Wildman–Crippen LogP) is 4.58. The van der Waals surface area contributed by atoms with E-state index >= 15 is 0 Å². The highest BCUT2D eigenvalue weighted by Gasteiger charge is 2.37. The largest absolute Gasteiger partial charge is 0.478 e. The van der Waals surface area contributed by atoms with E-state index in [-0.39, 0.29) is 23.1 Å². The highest BCUT2D eigenvalue weighted by Crippen LogP contribution is 2.36. The van der Waals surface area contributed by atoms with Crippen LogP contribution in [0.25, 0.3) is 11.1 Å². The molecular weight excluding hydrogens is 449 g/mol. The number of anilines is 1. The van der Waals surface area contributed by atoms with E-state index < -0.39 is 17.9 Å². The number of hydrogen-bond acceptors (Lipinski definition) is 5. The van der Waals surface area contributed by atoms with Gasteiger partial charge in [0, 0.05) is 36.6 Å². The maximum absolute atomic E-state index is 13.3. The molecule has 0 radical (unpaired) electrons. The monoisotopic (exact) mass is 468 g/mol. The lowest BCUT2D eigenvalue weighted by atomic mass is 10.0. The fourth-order valence-electron chi connectivity index (χ4n) is 3.00. The number of carbonyl (C=O) groups excluding carboxylic acids is 1. The van der Waals surface area contributed by atoms with Gasteiger partial charge < -0.3 is 15.4 Å². The van der Waals surface area contributed by atoms with Crippen molar-refractivity contribution in [3.63, 3.8) is 0 Å². The van der Waals surface area contributed by atoms with E-state index in [0.29, 0.717) is 29.1 Å². The van der Waals surface area contributed by atoms with Crippen molar-refractivity contribution in [1.29, 1.82) is 0 Å². The summed E-state index contributed by atoms with van der Waals surface area (Å²) in [4.78, 5) is 20.4. The Morgan fingerprint density at radius 2 is 2.00 bits per heavy atom. The third-order valence-electron chi connectivity index (χ3n) is 4.31. The number of nitrogens with one attached hydrogen (secondary N) is 2. The van der Waals surface area contributed by atoms with Gasteiger partial charge in [0.2, 0.25) is 5.88 Å². The summed E-state index contributed by atoms with van der Waals surface area (Å²) >= 11 is 5.92. The minimum Gasteiger partial charge on any atom is -0.478 e. The number of rotatable bonds is 6. The number of aryl methyl sites for hydroxylation is 2. The van der Waals surface area contributed by atoms with Gasteiger partial charge in [-0.2, -0.15) is 18.3 Å². The minimum absolute atomic E-state index is 0.0538. The number of hydrogen-bond donors (Lipinski definition) is 2. The van der Waals surface area contributed by atoms with Gasteiger partial charge in [0.25, 0.3) is 0 Å². The normalized spacial score (nSPS) is 11.3. The Balaban J connectivity index is 1.69. The van der Waals surface area contributed by atoms with Crippen LogP contribution >= 0.6 is 11.6 Å². The molecule has 0 aromatic carbocycles. The lowest BCUT2D eigenvalue weighted by Crippen LogP contribution is -2.28. The van der Waals surface area contributed by atoms with Crippen molar-refractivity contribution in [1.82, 2.24) is 25.1 Å². The average molecular weight is 469 g/mol. The molecule has 0 spiro atoms.